The maximum absolute atomic E-state index is 13.4. The zero-order valence-electron chi connectivity index (χ0n) is 16.6. The minimum atomic E-state index is -0.407. The molecule has 2 aliphatic rings. The first kappa shape index (κ1) is 19.9. The molecule has 1 aromatic carbocycles. The largest absolute Gasteiger partial charge is 0.384 e. The maximum Gasteiger partial charge on any atom is 0.162 e. The highest BCUT2D eigenvalue weighted by Gasteiger charge is 2.45. The van der Waals surface area contributed by atoms with Gasteiger partial charge in [-0.3, -0.25) is 9.69 Å². The van der Waals surface area contributed by atoms with Gasteiger partial charge in [0.15, 0.2) is 5.78 Å². The first-order valence-electron chi connectivity index (χ1n) is 9.50. The quantitative estimate of drug-likeness (QED) is 0.609. The summed E-state index contributed by atoms with van der Waals surface area (Å²) in [5.41, 5.74) is 10.5. The van der Waals surface area contributed by atoms with Crippen LogP contribution in [0.25, 0.3) is 0 Å². The third-order valence-corrected chi connectivity index (χ3v) is 7.21. The number of hydrogen-bond acceptors (Lipinski definition) is 5. The number of hydrogen-bond donors (Lipinski definition) is 1. The van der Waals surface area contributed by atoms with Gasteiger partial charge in [-0.05, 0) is 64.5 Å². The van der Waals surface area contributed by atoms with Crippen molar-refractivity contribution in [1.82, 2.24) is 0 Å². The van der Waals surface area contributed by atoms with Gasteiger partial charge in [-0.25, -0.2) is 0 Å². The van der Waals surface area contributed by atoms with Gasteiger partial charge in [0, 0.05) is 28.3 Å². The zero-order chi connectivity index (χ0) is 20.9. The van der Waals surface area contributed by atoms with Gasteiger partial charge in [0.05, 0.1) is 21.3 Å². The number of carbonyl (C=O) groups excluding carboxylic acids is 1. The Kier molecular flexibility index (Phi) is 4.92. The summed E-state index contributed by atoms with van der Waals surface area (Å²) in [5, 5.41) is 10.0. The van der Waals surface area contributed by atoms with E-state index >= 15 is 0 Å². The van der Waals surface area contributed by atoms with Crippen LogP contribution in [0.2, 0.25) is 0 Å². The Hall–Kier alpha value is -2.36. The molecule has 2 N–H and O–H groups in total. The first-order chi connectivity index (χ1) is 13.7. The molecular weight excluding hydrogens is 446 g/mol. The summed E-state index contributed by atoms with van der Waals surface area (Å²) < 4.78 is 0.968. The van der Waals surface area contributed by atoms with Gasteiger partial charge in [0.25, 0.3) is 0 Å². The van der Waals surface area contributed by atoms with Gasteiger partial charge in [-0.1, -0.05) is 26.0 Å². The molecule has 0 spiro atoms. The Balaban J connectivity index is 2.00. The second-order valence-corrected chi connectivity index (χ2v) is 11.0. The van der Waals surface area contributed by atoms with E-state index in [0.29, 0.717) is 23.4 Å². The van der Waals surface area contributed by atoms with Gasteiger partial charge in [-0.2, -0.15) is 5.26 Å². The minimum absolute atomic E-state index is 0.101. The van der Waals surface area contributed by atoms with Gasteiger partial charge >= 0.3 is 0 Å². The Morgan fingerprint density at radius 3 is 2.66 bits per heavy atom. The molecule has 29 heavy (non-hydrogen) atoms. The van der Waals surface area contributed by atoms with Crippen LogP contribution in [-0.2, 0) is 4.79 Å². The van der Waals surface area contributed by atoms with E-state index in [0.717, 1.165) is 32.0 Å². The summed E-state index contributed by atoms with van der Waals surface area (Å²) in [4.78, 5) is 16.3. The number of anilines is 1. The molecule has 0 saturated carbocycles. The summed E-state index contributed by atoms with van der Waals surface area (Å²) >= 11 is 5.05. The van der Waals surface area contributed by atoms with E-state index in [9.17, 15) is 10.1 Å². The Bertz CT molecular complexity index is 1120. The van der Waals surface area contributed by atoms with Crippen molar-refractivity contribution in [3.63, 3.8) is 0 Å². The van der Waals surface area contributed by atoms with E-state index in [1.165, 1.54) is 0 Å². The lowest BCUT2D eigenvalue weighted by molar-refractivity contribution is -0.118. The molecule has 0 saturated heterocycles. The van der Waals surface area contributed by atoms with Gasteiger partial charge < -0.3 is 5.73 Å². The number of benzene rings is 1. The smallest absolute Gasteiger partial charge is 0.162 e. The van der Waals surface area contributed by atoms with Gasteiger partial charge in [-0.15, -0.1) is 11.3 Å². The summed E-state index contributed by atoms with van der Waals surface area (Å²) in [5.74, 6) is 0.108. The fourth-order valence-corrected chi connectivity index (χ4v) is 5.88. The molecule has 1 aromatic heterocycles. The molecule has 0 bridgehead atoms. The van der Waals surface area contributed by atoms with Crippen LogP contribution in [0.1, 0.15) is 43.0 Å². The molecule has 1 aliphatic heterocycles. The number of nitrogens with zero attached hydrogens (tertiary/aromatic N) is 2. The van der Waals surface area contributed by atoms with Crippen molar-refractivity contribution in [1.29, 1.82) is 5.26 Å². The molecular formula is C23H22BrN3OS. The zero-order valence-corrected chi connectivity index (χ0v) is 19.0. The number of thiophene rings is 1. The highest BCUT2D eigenvalue weighted by atomic mass is 79.9. The predicted molar refractivity (Wildman–Crippen MR) is 120 cm³/mol. The highest BCUT2D eigenvalue weighted by Crippen LogP contribution is 2.51. The molecule has 4 rings (SSSR count). The molecule has 148 valence electrons. The van der Waals surface area contributed by atoms with Gasteiger partial charge in [0.2, 0.25) is 0 Å². The van der Waals surface area contributed by atoms with E-state index in [1.54, 1.807) is 11.3 Å². The number of halogens is 1. The number of carbonyl (C=O) groups is 1. The predicted octanol–water partition coefficient (Wildman–Crippen LogP) is 5.76. The summed E-state index contributed by atoms with van der Waals surface area (Å²) in [6.07, 6.45) is 1.19. The monoisotopic (exact) mass is 467 g/mol. The number of aryl methyl sites for hydroxylation is 1. The molecule has 6 heteroatoms. The van der Waals surface area contributed by atoms with Crippen LogP contribution in [0.4, 0.5) is 5.69 Å². The van der Waals surface area contributed by atoms with E-state index in [4.69, 9.17) is 5.73 Å². The third-order valence-electron chi connectivity index (χ3n) is 5.52. The fraction of sp³-hybridized carbons (Fsp3) is 0.304. The van der Waals surface area contributed by atoms with Crippen LogP contribution < -0.4 is 10.6 Å². The summed E-state index contributed by atoms with van der Waals surface area (Å²) in [6.45, 7) is 6.24. The van der Waals surface area contributed by atoms with Crippen molar-refractivity contribution in [3.05, 3.63) is 73.3 Å². The molecule has 2 heterocycles. The van der Waals surface area contributed by atoms with Crippen molar-refractivity contribution < 1.29 is 4.79 Å². The number of rotatable bonds is 2. The second-order valence-electron chi connectivity index (χ2n) is 8.46. The van der Waals surface area contributed by atoms with Crippen LogP contribution in [0.3, 0.4) is 0 Å². The molecule has 0 unspecified atom stereocenters. The standard InChI is InChI=1S/C23H22BrN3OS/c1-13-5-4-6-14(9-13)27-16-10-23(2,3)11-17(28)21(16)20(15(12-25)22(27)26)18-7-8-19(24)29-18/h4-9,20H,10-11,26H2,1-3H3/t20-/m0/s1. The van der Waals surface area contributed by atoms with Crippen LogP contribution in [0.5, 0.6) is 0 Å². The molecule has 1 atom stereocenters. The molecule has 0 amide bonds. The average molecular weight is 468 g/mol. The Morgan fingerprint density at radius 2 is 2.03 bits per heavy atom. The SMILES string of the molecule is Cc1cccc(N2C(N)=C(C#N)[C@@H](c3ccc(Br)s3)C3=C2CC(C)(C)CC3=O)c1. The third kappa shape index (κ3) is 3.43. The lowest BCUT2D eigenvalue weighted by atomic mass is 9.69. The summed E-state index contributed by atoms with van der Waals surface area (Å²) in [7, 11) is 0. The van der Waals surface area contributed by atoms with Crippen LogP contribution in [0, 0.1) is 23.7 Å². The van der Waals surface area contributed by atoms with Crippen LogP contribution in [0.15, 0.2) is 62.8 Å². The molecule has 0 fully saturated rings. The van der Waals surface area contributed by atoms with E-state index in [2.05, 4.69) is 35.8 Å². The molecule has 0 radical (unpaired) electrons. The number of ketones is 1. The summed E-state index contributed by atoms with van der Waals surface area (Å²) in [6, 6.07) is 14.3. The minimum Gasteiger partial charge on any atom is -0.384 e. The van der Waals surface area contributed by atoms with Crippen LogP contribution in [-0.4, -0.2) is 5.78 Å². The Labute approximate surface area is 183 Å². The van der Waals surface area contributed by atoms with Crippen molar-refractivity contribution in [2.45, 2.75) is 39.5 Å². The average Bonchev–Trinajstić information content (AvgIpc) is 3.05. The van der Waals surface area contributed by atoms with Crippen molar-refractivity contribution >= 4 is 38.7 Å². The first-order valence-corrected chi connectivity index (χ1v) is 11.1. The molecule has 1 aliphatic carbocycles. The van der Waals surface area contributed by atoms with Gasteiger partial charge in [0.1, 0.15) is 5.82 Å². The number of nitrogens with two attached hydrogens (primary N) is 1. The lowest BCUT2D eigenvalue weighted by Crippen LogP contribution is -2.42. The normalized spacial score (nSPS) is 21.3. The van der Waals surface area contributed by atoms with Crippen molar-refractivity contribution in [3.8, 4) is 6.07 Å². The lowest BCUT2D eigenvalue weighted by Gasteiger charge is -2.43. The number of Topliss-reactive ketones (excluding diaryl/α,β-unsaturated/α-hetero) is 1. The van der Waals surface area contributed by atoms with Crippen molar-refractivity contribution in [2.24, 2.45) is 11.1 Å². The van der Waals surface area contributed by atoms with Crippen molar-refractivity contribution in [2.75, 3.05) is 4.90 Å². The Morgan fingerprint density at radius 1 is 1.28 bits per heavy atom. The number of allylic oxidation sites excluding steroid dienone is 3. The van der Waals surface area contributed by atoms with Crippen LogP contribution >= 0.6 is 27.3 Å². The maximum atomic E-state index is 13.4. The van der Waals surface area contributed by atoms with E-state index in [1.807, 2.05) is 48.2 Å². The topological polar surface area (TPSA) is 70.1 Å². The fourth-order valence-electron chi connectivity index (χ4n) is 4.34. The highest BCUT2D eigenvalue weighted by molar-refractivity contribution is 9.11. The second kappa shape index (κ2) is 7.16. The van der Waals surface area contributed by atoms with E-state index in [-0.39, 0.29) is 11.2 Å². The molecule has 4 nitrogen and oxygen atoms in total. The number of nitriles is 1. The molecule has 2 aromatic rings. The van der Waals surface area contributed by atoms with E-state index < -0.39 is 5.92 Å².